The molecule has 0 aromatic heterocycles. The highest BCUT2D eigenvalue weighted by Crippen LogP contribution is 2.19. The molecule has 1 aliphatic heterocycles. The average molecular weight is 169 g/mol. The van der Waals surface area contributed by atoms with Crippen molar-refractivity contribution in [2.24, 2.45) is 5.92 Å². The minimum Gasteiger partial charge on any atom is -0.354 e. The number of amides is 1. The molecule has 4 nitrogen and oxygen atoms in total. The maximum atomic E-state index is 11.0. The van der Waals surface area contributed by atoms with Gasteiger partial charge in [-0.15, -0.1) is 0 Å². The van der Waals surface area contributed by atoms with Crippen LogP contribution in [0.4, 0.5) is 0 Å². The predicted octanol–water partition coefficient (Wildman–Crippen LogP) is -0.127. The SMILES string of the molecule is CCOC1NC(=O)C(C)C1=C=O. The van der Waals surface area contributed by atoms with E-state index in [-0.39, 0.29) is 5.91 Å². The second kappa shape index (κ2) is 3.52. The van der Waals surface area contributed by atoms with E-state index in [4.69, 9.17) is 4.74 Å². The Hall–Kier alpha value is -1.12. The highest BCUT2D eigenvalue weighted by molar-refractivity contribution is 5.88. The van der Waals surface area contributed by atoms with Crippen molar-refractivity contribution in [2.75, 3.05) is 6.61 Å². The van der Waals surface area contributed by atoms with Crippen LogP contribution in [-0.2, 0) is 14.3 Å². The summed E-state index contributed by atoms with van der Waals surface area (Å²) in [5.41, 5.74) is 0.363. The van der Waals surface area contributed by atoms with Gasteiger partial charge in [-0.2, -0.15) is 0 Å². The van der Waals surface area contributed by atoms with E-state index in [2.05, 4.69) is 5.32 Å². The number of hydrogen-bond donors (Lipinski definition) is 1. The Labute approximate surface area is 70.6 Å². The quantitative estimate of drug-likeness (QED) is 0.586. The van der Waals surface area contributed by atoms with Crippen molar-refractivity contribution in [1.82, 2.24) is 5.32 Å². The van der Waals surface area contributed by atoms with Crippen LogP contribution < -0.4 is 5.32 Å². The minimum absolute atomic E-state index is 0.174. The smallest absolute Gasteiger partial charge is 0.230 e. The summed E-state index contributed by atoms with van der Waals surface area (Å²) in [7, 11) is 0. The second-order valence-corrected chi connectivity index (χ2v) is 2.62. The first-order valence-corrected chi connectivity index (χ1v) is 3.87. The highest BCUT2D eigenvalue weighted by Gasteiger charge is 2.35. The van der Waals surface area contributed by atoms with Crippen molar-refractivity contribution >= 4 is 11.8 Å². The van der Waals surface area contributed by atoms with Crippen LogP contribution in [0.5, 0.6) is 0 Å². The monoisotopic (exact) mass is 169 g/mol. The Morgan fingerprint density at radius 3 is 2.83 bits per heavy atom. The number of ether oxygens (including phenoxy) is 1. The summed E-state index contributed by atoms with van der Waals surface area (Å²) in [5.74, 6) is 1.16. The lowest BCUT2D eigenvalue weighted by Crippen LogP contribution is -2.29. The maximum Gasteiger partial charge on any atom is 0.230 e. The molecule has 2 unspecified atom stereocenters. The Morgan fingerprint density at radius 1 is 1.67 bits per heavy atom. The normalized spacial score (nSPS) is 28.5. The van der Waals surface area contributed by atoms with Crippen LogP contribution in [-0.4, -0.2) is 24.7 Å². The summed E-state index contributed by atoms with van der Waals surface area (Å²) in [6.07, 6.45) is -0.560. The molecule has 1 aliphatic rings. The standard InChI is InChI=1S/C8H11NO3/c1-3-12-8-6(4-10)5(2)7(11)9-8/h5,8H,3H2,1-2H3,(H,9,11). The van der Waals surface area contributed by atoms with Gasteiger partial charge in [0.05, 0.1) is 11.5 Å². The summed E-state index contributed by atoms with van der Waals surface area (Å²) in [5, 5.41) is 2.54. The second-order valence-electron chi connectivity index (χ2n) is 2.62. The first kappa shape index (κ1) is 8.97. The fourth-order valence-electron chi connectivity index (χ4n) is 1.14. The molecule has 66 valence electrons. The number of nitrogens with one attached hydrogen (secondary N) is 1. The van der Waals surface area contributed by atoms with Crippen LogP contribution in [0.15, 0.2) is 5.57 Å². The Balaban J connectivity index is 2.79. The van der Waals surface area contributed by atoms with Crippen LogP contribution in [0.3, 0.4) is 0 Å². The van der Waals surface area contributed by atoms with Crippen LogP contribution in [0.2, 0.25) is 0 Å². The molecule has 0 spiro atoms. The molecule has 1 heterocycles. The summed E-state index contributed by atoms with van der Waals surface area (Å²) in [6, 6.07) is 0. The molecule has 12 heavy (non-hydrogen) atoms. The van der Waals surface area contributed by atoms with Gasteiger partial charge in [0.25, 0.3) is 0 Å². The molecule has 0 radical (unpaired) electrons. The molecule has 0 aliphatic carbocycles. The van der Waals surface area contributed by atoms with Gasteiger partial charge < -0.3 is 10.1 Å². The van der Waals surface area contributed by atoms with Crippen molar-refractivity contribution in [2.45, 2.75) is 20.1 Å². The van der Waals surface area contributed by atoms with Gasteiger partial charge in [0.15, 0.2) is 6.23 Å². The van der Waals surface area contributed by atoms with Crippen LogP contribution in [0.1, 0.15) is 13.8 Å². The molecular weight excluding hydrogens is 158 g/mol. The fraction of sp³-hybridized carbons (Fsp3) is 0.625. The lowest BCUT2D eigenvalue weighted by molar-refractivity contribution is -0.123. The third-order valence-corrected chi connectivity index (χ3v) is 1.87. The maximum absolute atomic E-state index is 11.0. The number of hydrogen-bond acceptors (Lipinski definition) is 3. The third kappa shape index (κ3) is 1.40. The lowest BCUT2D eigenvalue weighted by Gasteiger charge is -2.08. The first-order valence-electron chi connectivity index (χ1n) is 3.87. The minimum atomic E-state index is -0.560. The summed E-state index contributed by atoms with van der Waals surface area (Å²) in [6.45, 7) is 3.93. The van der Waals surface area contributed by atoms with E-state index in [9.17, 15) is 9.59 Å². The molecule has 1 saturated heterocycles. The van der Waals surface area contributed by atoms with Gasteiger partial charge in [0, 0.05) is 6.61 Å². The Morgan fingerprint density at radius 2 is 2.33 bits per heavy atom. The molecule has 0 aromatic rings. The predicted molar refractivity (Wildman–Crippen MR) is 41.9 cm³/mol. The molecule has 1 N–H and O–H groups in total. The van der Waals surface area contributed by atoms with Gasteiger partial charge in [-0.3, -0.25) is 4.79 Å². The first-order chi connectivity index (χ1) is 5.70. The van der Waals surface area contributed by atoms with Crippen molar-refractivity contribution in [3.63, 3.8) is 0 Å². The number of carbonyl (C=O) groups excluding carboxylic acids is 2. The average Bonchev–Trinajstić information content (AvgIpc) is 2.29. The zero-order valence-corrected chi connectivity index (χ0v) is 7.09. The van der Waals surface area contributed by atoms with Gasteiger partial charge in [-0.1, -0.05) is 0 Å². The van der Waals surface area contributed by atoms with E-state index in [1.807, 2.05) is 0 Å². The van der Waals surface area contributed by atoms with Crippen LogP contribution in [0, 0.1) is 5.92 Å². The zero-order chi connectivity index (χ0) is 9.14. The number of rotatable bonds is 2. The number of carbonyl (C=O) groups is 1. The summed E-state index contributed by atoms with van der Waals surface area (Å²) in [4.78, 5) is 21.5. The highest BCUT2D eigenvalue weighted by atomic mass is 16.5. The van der Waals surface area contributed by atoms with Crippen molar-refractivity contribution in [3.05, 3.63) is 5.57 Å². The van der Waals surface area contributed by atoms with Crippen molar-refractivity contribution < 1.29 is 14.3 Å². The largest absolute Gasteiger partial charge is 0.354 e. The summed E-state index contributed by atoms with van der Waals surface area (Å²) >= 11 is 0. The van der Waals surface area contributed by atoms with Gasteiger partial charge in [0.2, 0.25) is 5.91 Å². The molecule has 1 rings (SSSR count). The van der Waals surface area contributed by atoms with Crippen LogP contribution in [0.25, 0.3) is 0 Å². The molecule has 1 fully saturated rings. The lowest BCUT2D eigenvalue weighted by atomic mass is 10.1. The molecule has 4 heteroatoms. The third-order valence-electron chi connectivity index (χ3n) is 1.87. The topological polar surface area (TPSA) is 55.4 Å². The van der Waals surface area contributed by atoms with E-state index in [0.29, 0.717) is 12.2 Å². The van der Waals surface area contributed by atoms with Crippen molar-refractivity contribution in [1.29, 1.82) is 0 Å². The molecular formula is C8H11NO3. The molecule has 0 bridgehead atoms. The van der Waals surface area contributed by atoms with E-state index in [0.717, 1.165) is 0 Å². The Kier molecular flexibility index (Phi) is 2.63. The fourth-order valence-corrected chi connectivity index (χ4v) is 1.14. The van der Waals surface area contributed by atoms with Gasteiger partial charge in [-0.05, 0) is 13.8 Å². The van der Waals surface area contributed by atoms with Gasteiger partial charge in [-0.25, -0.2) is 4.79 Å². The van der Waals surface area contributed by atoms with E-state index < -0.39 is 12.1 Å². The van der Waals surface area contributed by atoms with E-state index >= 15 is 0 Å². The van der Waals surface area contributed by atoms with Crippen molar-refractivity contribution in [3.8, 4) is 0 Å². The molecule has 1 amide bonds. The van der Waals surface area contributed by atoms with Gasteiger partial charge >= 0.3 is 0 Å². The summed E-state index contributed by atoms with van der Waals surface area (Å²) < 4.78 is 5.12. The van der Waals surface area contributed by atoms with Crippen LogP contribution >= 0.6 is 0 Å². The Bertz CT molecular complexity index is 243. The molecule has 0 aromatic carbocycles. The van der Waals surface area contributed by atoms with E-state index in [1.54, 1.807) is 19.8 Å². The van der Waals surface area contributed by atoms with Gasteiger partial charge in [0.1, 0.15) is 5.94 Å². The molecule has 2 atom stereocenters. The van der Waals surface area contributed by atoms with E-state index in [1.165, 1.54) is 0 Å². The molecule has 0 saturated carbocycles. The zero-order valence-electron chi connectivity index (χ0n) is 7.09.